The van der Waals surface area contributed by atoms with E-state index in [1.54, 1.807) is 12.1 Å². The van der Waals surface area contributed by atoms with Crippen LogP contribution in [-0.2, 0) is 10.0 Å². The third kappa shape index (κ3) is 3.73. The summed E-state index contributed by atoms with van der Waals surface area (Å²) in [5.74, 6) is 0. The number of primary sulfonamides is 1. The number of aryl methyl sites for hydroxylation is 1. The van der Waals surface area contributed by atoms with Gasteiger partial charge in [0.1, 0.15) is 5.71 Å². The highest BCUT2D eigenvalue weighted by Crippen LogP contribution is 2.39. The quantitative estimate of drug-likeness (QED) is 0.881. The molecular formula is C17H16F3N3O2S. The van der Waals surface area contributed by atoms with Crippen LogP contribution in [0.2, 0.25) is 0 Å². The smallest absolute Gasteiger partial charge is 0.257 e. The first-order valence-corrected chi connectivity index (χ1v) is 9.24. The number of benzene rings is 2. The number of hydrogen-bond acceptors (Lipinski definition) is 4. The third-order valence-electron chi connectivity index (χ3n) is 4.09. The zero-order valence-corrected chi connectivity index (χ0v) is 14.6. The molecule has 1 atom stereocenters. The molecule has 0 aromatic heterocycles. The third-order valence-corrected chi connectivity index (χ3v) is 5.02. The molecule has 0 aliphatic carbocycles. The Morgan fingerprint density at radius 3 is 2.35 bits per heavy atom. The molecule has 2 aromatic rings. The minimum Gasteiger partial charge on any atom is -0.257 e. The zero-order chi connectivity index (χ0) is 19.1. The Labute approximate surface area is 149 Å². The van der Waals surface area contributed by atoms with Gasteiger partial charge in [0.05, 0.1) is 16.6 Å². The normalized spacial score (nSPS) is 18.1. The van der Waals surface area contributed by atoms with Gasteiger partial charge in [-0.3, -0.25) is 5.01 Å². The SMILES string of the molecule is Cc1cccc(C2CC(C(F)(F)F)=NN2c2ccc(S(N)(=O)=O)cc2)c1. The topological polar surface area (TPSA) is 75.8 Å². The Hall–Kier alpha value is -2.39. The molecule has 26 heavy (non-hydrogen) atoms. The van der Waals surface area contributed by atoms with Gasteiger partial charge in [0.2, 0.25) is 10.0 Å². The number of halogens is 3. The molecule has 3 rings (SSSR count). The highest BCUT2D eigenvalue weighted by atomic mass is 32.2. The molecule has 2 aromatic carbocycles. The van der Waals surface area contributed by atoms with Crippen LogP contribution in [0.1, 0.15) is 23.6 Å². The molecular weight excluding hydrogens is 367 g/mol. The lowest BCUT2D eigenvalue weighted by Gasteiger charge is -2.24. The molecule has 2 N–H and O–H groups in total. The lowest BCUT2D eigenvalue weighted by Crippen LogP contribution is -2.21. The van der Waals surface area contributed by atoms with Gasteiger partial charge in [0.25, 0.3) is 0 Å². The van der Waals surface area contributed by atoms with Crippen LogP contribution in [0, 0.1) is 6.92 Å². The van der Waals surface area contributed by atoms with Crippen molar-refractivity contribution in [2.24, 2.45) is 10.2 Å². The largest absolute Gasteiger partial charge is 0.431 e. The average Bonchev–Trinajstić information content (AvgIpc) is 3.00. The Balaban J connectivity index is 2.03. The van der Waals surface area contributed by atoms with E-state index >= 15 is 0 Å². The maximum absolute atomic E-state index is 13.2. The van der Waals surface area contributed by atoms with E-state index in [1.807, 2.05) is 19.1 Å². The second-order valence-corrected chi connectivity index (χ2v) is 7.62. The highest BCUT2D eigenvalue weighted by molar-refractivity contribution is 7.89. The maximum atomic E-state index is 13.2. The Morgan fingerprint density at radius 1 is 1.15 bits per heavy atom. The highest BCUT2D eigenvalue weighted by Gasteiger charge is 2.43. The van der Waals surface area contributed by atoms with Crippen molar-refractivity contribution in [1.82, 2.24) is 0 Å². The fourth-order valence-electron chi connectivity index (χ4n) is 2.85. The molecule has 1 unspecified atom stereocenters. The Kier molecular flexibility index (Phi) is 4.53. The molecule has 0 fully saturated rings. The van der Waals surface area contributed by atoms with Crippen molar-refractivity contribution in [3.63, 3.8) is 0 Å². The van der Waals surface area contributed by atoms with Gasteiger partial charge < -0.3 is 0 Å². The predicted molar refractivity (Wildman–Crippen MR) is 92.3 cm³/mol. The van der Waals surface area contributed by atoms with E-state index in [-0.39, 0.29) is 11.3 Å². The number of nitrogens with two attached hydrogens (primary N) is 1. The predicted octanol–water partition coefficient (Wildman–Crippen LogP) is 3.51. The summed E-state index contributed by atoms with van der Waals surface area (Å²) >= 11 is 0. The lowest BCUT2D eigenvalue weighted by molar-refractivity contribution is -0.0600. The number of hydrogen-bond donors (Lipinski definition) is 1. The van der Waals surface area contributed by atoms with Gasteiger partial charge in [0, 0.05) is 6.42 Å². The first-order chi connectivity index (χ1) is 12.1. The van der Waals surface area contributed by atoms with Crippen molar-refractivity contribution in [3.05, 3.63) is 59.7 Å². The molecule has 5 nitrogen and oxygen atoms in total. The summed E-state index contributed by atoms with van der Waals surface area (Å²) in [6.45, 7) is 1.86. The van der Waals surface area contributed by atoms with Gasteiger partial charge >= 0.3 is 6.18 Å². The summed E-state index contributed by atoms with van der Waals surface area (Å²) in [7, 11) is -3.88. The maximum Gasteiger partial charge on any atom is 0.431 e. The molecule has 138 valence electrons. The number of anilines is 1. The molecule has 1 aliphatic heterocycles. The van der Waals surface area contributed by atoms with E-state index in [1.165, 1.54) is 29.3 Å². The zero-order valence-electron chi connectivity index (χ0n) is 13.7. The minimum atomic E-state index is -4.53. The van der Waals surface area contributed by atoms with Crippen LogP contribution in [0.15, 0.2) is 58.5 Å². The number of sulfonamides is 1. The van der Waals surface area contributed by atoms with E-state index in [4.69, 9.17) is 5.14 Å². The number of alkyl halides is 3. The molecule has 0 saturated heterocycles. The summed E-state index contributed by atoms with van der Waals surface area (Å²) in [5.41, 5.74) is 1.10. The van der Waals surface area contributed by atoms with Crippen LogP contribution in [0.25, 0.3) is 0 Å². The second kappa shape index (κ2) is 6.40. The van der Waals surface area contributed by atoms with Crippen molar-refractivity contribution in [2.45, 2.75) is 30.5 Å². The summed E-state index contributed by atoms with van der Waals surface area (Å²) in [5, 5.41) is 10.1. The molecule has 0 amide bonds. The van der Waals surface area contributed by atoms with Gasteiger partial charge in [-0.2, -0.15) is 18.3 Å². The van der Waals surface area contributed by atoms with Crippen molar-refractivity contribution in [3.8, 4) is 0 Å². The van der Waals surface area contributed by atoms with E-state index in [0.717, 1.165) is 5.56 Å². The van der Waals surface area contributed by atoms with Gasteiger partial charge in [-0.25, -0.2) is 13.6 Å². The number of hydrazone groups is 1. The van der Waals surface area contributed by atoms with Gasteiger partial charge in [0.15, 0.2) is 0 Å². The van der Waals surface area contributed by atoms with Crippen molar-refractivity contribution < 1.29 is 21.6 Å². The van der Waals surface area contributed by atoms with Crippen LogP contribution in [-0.4, -0.2) is 20.3 Å². The average molecular weight is 383 g/mol. The molecule has 0 bridgehead atoms. The summed E-state index contributed by atoms with van der Waals surface area (Å²) < 4.78 is 62.3. The van der Waals surface area contributed by atoms with E-state index in [2.05, 4.69) is 5.10 Å². The first kappa shape index (κ1) is 18.4. The van der Waals surface area contributed by atoms with Crippen LogP contribution < -0.4 is 10.1 Å². The summed E-state index contributed by atoms with van der Waals surface area (Å²) in [6.07, 6.45) is -4.82. The molecule has 0 radical (unpaired) electrons. The number of nitrogens with zero attached hydrogens (tertiary/aromatic N) is 2. The second-order valence-electron chi connectivity index (χ2n) is 6.06. The fourth-order valence-corrected chi connectivity index (χ4v) is 3.36. The van der Waals surface area contributed by atoms with Crippen LogP contribution in [0.4, 0.5) is 18.9 Å². The number of rotatable bonds is 3. The Bertz CT molecular complexity index is 954. The van der Waals surface area contributed by atoms with E-state index in [9.17, 15) is 21.6 Å². The van der Waals surface area contributed by atoms with Crippen molar-refractivity contribution >= 4 is 21.4 Å². The molecule has 1 heterocycles. The monoisotopic (exact) mass is 383 g/mol. The minimum absolute atomic E-state index is 0.118. The first-order valence-electron chi connectivity index (χ1n) is 7.69. The van der Waals surface area contributed by atoms with Gasteiger partial charge in [-0.15, -0.1) is 0 Å². The van der Waals surface area contributed by atoms with Crippen LogP contribution >= 0.6 is 0 Å². The van der Waals surface area contributed by atoms with E-state index in [0.29, 0.717) is 11.3 Å². The van der Waals surface area contributed by atoms with Crippen LogP contribution in [0.5, 0.6) is 0 Å². The van der Waals surface area contributed by atoms with Crippen LogP contribution in [0.3, 0.4) is 0 Å². The van der Waals surface area contributed by atoms with Crippen molar-refractivity contribution in [2.75, 3.05) is 5.01 Å². The fraction of sp³-hybridized carbons (Fsp3) is 0.235. The standard InChI is InChI=1S/C17H16F3N3O2S/c1-11-3-2-4-12(9-11)15-10-16(17(18,19)20)22-23(15)13-5-7-14(8-6-13)26(21,24)25/h2-9,15H,10H2,1H3,(H2,21,24,25). The van der Waals surface area contributed by atoms with E-state index < -0.39 is 28.0 Å². The van der Waals surface area contributed by atoms with Crippen molar-refractivity contribution in [1.29, 1.82) is 0 Å². The lowest BCUT2D eigenvalue weighted by atomic mass is 9.99. The Morgan fingerprint density at radius 2 is 1.81 bits per heavy atom. The molecule has 0 spiro atoms. The molecule has 1 aliphatic rings. The summed E-state index contributed by atoms with van der Waals surface area (Å²) in [6, 6.07) is 11.8. The van der Waals surface area contributed by atoms with Gasteiger partial charge in [-0.05, 0) is 36.8 Å². The molecule has 0 saturated carbocycles. The van der Waals surface area contributed by atoms with Gasteiger partial charge in [-0.1, -0.05) is 29.8 Å². The summed E-state index contributed by atoms with van der Waals surface area (Å²) in [4.78, 5) is -0.118. The molecule has 9 heteroatoms.